The maximum Gasteiger partial charge on any atom is 0.141 e. The number of rotatable bonds is 2. The monoisotopic (exact) mass is 284 g/mol. The van der Waals surface area contributed by atoms with Crippen LogP contribution in [0.2, 0.25) is 0 Å². The second-order valence-electron chi connectivity index (χ2n) is 6.67. The minimum absolute atomic E-state index is 0.158. The summed E-state index contributed by atoms with van der Waals surface area (Å²) in [5.41, 5.74) is 1.24. The zero-order valence-corrected chi connectivity index (χ0v) is 12.5. The van der Waals surface area contributed by atoms with Crippen LogP contribution in [0.25, 0.3) is 0 Å². The summed E-state index contributed by atoms with van der Waals surface area (Å²) in [5.74, 6) is 1.94. The molecule has 1 aromatic rings. The molecule has 0 atom stereocenters. The molecule has 0 aromatic heterocycles. The van der Waals surface area contributed by atoms with Crippen LogP contribution in [0, 0.1) is 35.4 Å². The molecule has 0 spiro atoms. The largest absolute Gasteiger partial charge is 0.206 e. The number of hydrogen-bond acceptors (Lipinski definition) is 1. The highest BCUT2D eigenvalue weighted by Crippen LogP contribution is 2.42. The van der Waals surface area contributed by atoms with Gasteiger partial charge in [0.15, 0.2) is 0 Å². The minimum atomic E-state index is -0.361. The van der Waals surface area contributed by atoms with E-state index >= 15 is 0 Å². The van der Waals surface area contributed by atoms with Crippen molar-refractivity contribution in [2.45, 2.75) is 57.3 Å². The van der Waals surface area contributed by atoms with Crippen molar-refractivity contribution < 1.29 is 4.39 Å². The topological polar surface area (TPSA) is 23.8 Å². The fourth-order valence-electron chi connectivity index (χ4n) is 4.22. The van der Waals surface area contributed by atoms with E-state index in [1.165, 1.54) is 51.4 Å². The predicted molar refractivity (Wildman–Crippen MR) is 82.1 cm³/mol. The van der Waals surface area contributed by atoms with Crippen LogP contribution < -0.4 is 0 Å². The van der Waals surface area contributed by atoms with Crippen LogP contribution in [-0.4, -0.2) is 0 Å². The van der Waals surface area contributed by atoms with Crippen LogP contribution in [0.1, 0.15) is 68.4 Å². The Kier molecular flexibility index (Phi) is 4.58. The average Bonchev–Trinajstić information content (AvgIpc) is 2.56. The van der Waals surface area contributed by atoms with E-state index in [2.05, 4.69) is 6.42 Å². The highest BCUT2D eigenvalue weighted by atomic mass is 19.1. The molecule has 2 aliphatic rings. The lowest BCUT2D eigenvalue weighted by Gasteiger charge is -2.36. The molecule has 2 saturated carbocycles. The summed E-state index contributed by atoms with van der Waals surface area (Å²) in [4.78, 5) is 0. The fraction of sp³-hybridized carbons (Fsp3) is 0.579. The van der Waals surface area contributed by atoms with Crippen molar-refractivity contribution in [3.8, 4) is 6.07 Å². The Hall–Kier alpha value is -1.36. The van der Waals surface area contributed by atoms with Gasteiger partial charge in [-0.3, -0.25) is 0 Å². The third-order valence-electron chi connectivity index (χ3n) is 5.51. The maximum absolute atomic E-state index is 13.7. The Bertz CT molecular complexity index is 517. The minimum Gasteiger partial charge on any atom is -0.206 e. The summed E-state index contributed by atoms with van der Waals surface area (Å²) in [6, 6.07) is 7.06. The van der Waals surface area contributed by atoms with Crippen molar-refractivity contribution in [3.05, 3.63) is 41.6 Å². The molecule has 0 amide bonds. The summed E-state index contributed by atoms with van der Waals surface area (Å²) in [6.07, 6.45) is 12.7. The number of nitrogens with zero attached hydrogens (tertiary/aromatic N) is 1. The van der Waals surface area contributed by atoms with Gasteiger partial charge in [0.1, 0.15) is 11.9 Å². The zero-order valence-electron chi connectivity index (χ0n) is 12.5. The fourth-order valence-corrected chi connectivity index (χ4v) is 4.22. The average molecular weight is 284 g/mol. The molecule has 0 bridgehead atoms. The van der Waals surface area contributed by atoms with Crippen LogP contribution in [-0.2, 0) is 0 Å². The van der Waals surface area contributed by atoms with E-state index < -0.39 is 0 Å². The van der Waals surface area contributed by atoms with Crippen molar-refractivity contribution in [3.63, 3.8) is 0 Å². The molecule has 2 fully saturated rings. The van der Waals surface area contributed by atoms with Gasteiger partial charge in [-0.2, -0.15) is 5.26 Å². The van der Waals surface area contributed by atoms with Crippen LogP contribution in [0.4, 0.5) is 4.39 Å². The highest BCUT2D eigenvalue weighted by molar-refractivity contribution is 5.34. The highest BCUT2D eigenvalue weighted by Gasteiger charge is 2.29. The molecule has 1 aromatic carbocycles. The van der Waals surface area contributed by atoms with E-state index in [4.69, 9.17) is 5.26 Å². The maximum atomic E-state index is 13.7. The van der Waals surface area contributed by atoms with Crippen LogP contribution in [0.5, 0.6) is 0 Å². The molecule has 0 aliphatic heterocycles. The third-order valence-corrected chi connectivity index (χ3v) is 5.51. The van der Waals surface area contributed by atoms with Crippen molar-refractivity contribution in [1.82, 2.24) is 0 Å². The molecule has 1 nitrogen and oxygen atoms in total. The smallest absolute Gasteiger partial charge is 0.141 e. The van der Waals surface area contributed by atoms with Crippen molar-refractivity contribution in [2.24, 2.45) is 11.8 Å². The summed E-state index contributed by atoms with van der Waals surface area (Å²) < 4.78 is 13.7. The molecular formula is C19H23FN. The molecule has 0 heterocycles. The van der Waals surface area contributed by atoms with Crippen molar-refractivity contribution in [1.29, 1.82) is 5.26 Å². The van der Waals surface area contributed by atoms with Gasteiger partial charge in [-0.25, -0.2) is 4.39 Å². The normalized spacial score (nSPS) is 27.2. The van der Waals surface area contributed by atoms with E-state index in [0.717, 1.165) is 17.4 Å². The van der Waals surface area contributed by atoms with Crippen LogP contribution >= 0.6 is 0 Å². The number of halogens is 1. The van der Waals surface area contributed by atoms with E-state index in [1.807, 2.05) is 12.1 Å². The van der Waals surface area contributed by atoms with E-state index in [-0.39, 0.29) is 11.4 Å². The SMILES string of the molecule is N#Cc1ccc(C2CCC(C3CC[CH]CC3)CC2)cc1F. The number of nitriles is 1. The van der Waals surface area contributed by atoms with E-state index in [1.54, 1.807) is 12.1 Å². The van der Waals surface area contributed by atoms with E-state index in [0.29, 0.717) is 5.92 Å². The Labute approximate surface area is 127 Å². The molecule has 3 rings (SSSR count). The summed E-state index contributed by atoms with van der Waals surface area (Å²) >= 11 is 0. The molecule has 0 unspecified atom stereocenters. The van der Waals surface area contributed by atoms with Gasteiger partial charge in [0.25, 0.3) is 0 Å². The van der Waals surface area contributed by atoms with Gasteiger partial charge in [0.05, 0.1) is 5.56 Å². The van der Waals surface area contributed by atoms with Gasteiger partial charge in [-0.05, 0) is 93.2 Å². The molecular weight excluding hydrogens is 261 g/mol. The number of benzene rings is 1. The van der Waals surface area contributed by atoms with Crippen molar-refractivity contribution in [2.75, 3.05) is 0 Å². The first kappa shape index (κ1) is 14.6. The summed E-state index contributed by atoms with van der Waals surface area (Å²) in [5, 5.41) is 8.81. The Morgan fingerprint density at radius 3 is 2.24 bits per heavy atom. The van der Waals surface area contributed by atoms with Gasteiger partial charge >= 0.3 is 0 Å². The standard InChI is InChI=1S/C19H23FN/c20-19-12-17(10-11-18(19)13-21)16-8-6-15(7-9-16)14-4-2-1-3-5-14/h1,10-12,14-16H,2-9H2. The second-order valence-corrected chi connectivity index (χ2v) is 6.67. The van der Waals surface area contributed by atoms with Crippen molar-refractivity contribution >= 4 is 0 Å². The molecule has 0 saturated heterocycles. The van der Waals surface area contributed by atoms with E-state index in [9.17, 15) is 4.39 Å². The second kappa shape index (κ2) is 6.60. The lowest BCUT2D eigenvalue weighted by atomic mass is 9.70. The first-order chi connectivity index (χ1) is 10.3. The first-order valence-corrected chi connectivity index (χ1v) is 8.29. The Morgan fingerprint density at radius 2 is 1.62 bits per heavy atom. The van der Waals surface area contributed by atoms with Gasteiger partial charge in [-0.1, -0.05) is 6.07 Å². The van der Waals surface area contributed by atoms with Gasteiger partial charge in [-0.15, -0.1) is 0 Å². The molecule has 111 valence electrons. The molecule has 0 N–H and O–H groups in total. The Balaban J connectivity index is 1.60. The summed E-state index contributed by atoms with van der Waals surface area (Å²) in [6.45, 7) is 0. The number of hydrogen-bond donors (Lipinski definition) is 0. The van der Waals surface area contributed by atoms with Crippen LogP contribution in [0.3, 0.4) is 0 Å². The first-order valence-electron chi connectivity index (χ1n) is 8.29. The van der Waals surface area contributed by atoms with Gasteiger partial charge < -0.3 is 0 Å². The lowest BCUT2D eigenvalue weighted by Crippen LogP contribution is -2.23. The predicted octanol–water partition coefficient (Wildman–Crippen LogP) is 5.37. The molecule has 2 aliphatic carbocycles. The van der Waals surface area contributed by atoms with Gasteiger partial charge in [0, 0.05) is 0 Å². The lowest BCUT2D eigenvalue weighted by molar-refractivity contribution is 0.199. The molecule has 2 heteroatoms. The third kappa shape index (κ3) is 3.28. The van der Waals surface area contributed by atoms with Crippen LogP contribution in [0.15, 0.2) is 18.2 Å². The molecule has 21 heavy (non-hydrogen) atoms. The summed E-state index contributed by atoms with van der Waals surface area (Å²) in [7, 11) is 0. The zero-order chi connectivity index (χ0) is 14.7. The Morgan fingerprint density at radius 1 is 0.952 bits per heavy atom. The quantitative estimate of drug-likeness (QED) is 0.716. The van der Waals surface area contributed by atoms with Gasteiger partial charge in [0.2, 0.25) is 0 Å². The molecule has 1 radical (unpaired) electrons.